The fourth-order valence-electron chi connectivity index (χ4n) is 5.43. The Labute approximate surface area is 372 Å². The van der Waals surface area contributed by atoms with Crippen LogP contribution in [0, 0.1) is 0 Å². The van der Waals surface area contributed by atoms with E-state index in [-0.39, 0.29) is 26.1 Å². The lowest BCUT2D eigenvalue weighted by molar-refractivity contribution is -0.870. The van der Waals surface area contributed by atoms with E-state index >= 15 is 0 Å². The van der Waals surface area contributed by atoms with E-state index in [4.69, 9.17) is 18.5 Å². The number of phosphoric acid groups is 1. The van der Waals surface area contributed by atoms with Crippen LogP contribution in [0.15, 0.2) is 109 Å². The van der Waals surface area contributed by atoms with Crippen LogP contribution >= 0.6 is 7.82 Å². The Balaban J connectivity index is 4.48. The predicted octanol–water partition coefficient (Wildman–Crippen LogP) is 13.5. The van der Waals surface area contributed by atoms with E-state index < -0.39 is 32.5 Å². The van der Waals surface area contributed by atoms with Crippen molar-refractivity contribution in [3.05, 3.63) is 109 Å². The molecule has 0 saturated carbocycles. The third-order valence-electron chi connectivity index (χ3n) is 9.04. The van der Waals surface area contributed by atoms with E-state index in [2.05, 4.69) is 117 Å². The summed E-state index contributed by atoms with van der Waals surface area (Å²) in [7, 11) is 1.41. The van der Waals surface area contributed by atoms with Crippen molar-refractivity contribution in [1.29, 1.82) is 0 Å². The Morgan fingerprint density at radius 1 is 0.525 bits per heavy atom. The van der Waals surface area contributed by atoms with Gasteiger partial charge in [0.25, 0.3) is 0 Å². The lowest BCUT2D eigenvalue weighted by Crippen LogP contribution is -2.37. The van der Waals surface area contributed by atoms with Gasteiger partial charge in [-0.1, -0.05) is 155 Å². The number of rotatable bonds is 40. The van der Waals surface area contributed by atoms with Crippen molar-refractivity contribution in [1.82, 2.24) is 0 Å². The number of allylic oxidation sites excluding steroid dienone is 18. The molecule has 0 radical (unpaired) electrons. The summed E-state index contributed by atoms with van der Waals surface area (Å²) in [6.45, 7) is 4.15. The van der Waals surface area contributed by atoms with E-state index in [9.17, 15) is 19.0 Å². The van der Waals surface area contributed by atoms with Gasteiger partial charge in [0, 0.05) is 12.8 Å². The summed E-state index contributed by atoms with van der Waals surface area (Å²) >= 11 is 0. The van der Waals surface area contributed by atoms with Crippen LogP contribution in [0.5, 0.6) is 0 Å². The van der Waals surface area contributed by atoms with Crippen molar-refractivity contribution < 1.29 is 42.1 Å². The van der Waals surface area contributed by atoms with Crippen LogP contribution in [0.4, 0.5) is 0 Å². The molecule has 0 saturated heterocycles. The molecule has 0 spiro atoms. The van der Waals surface area contributed by atoms with Crippen LogP contribution in [-0.2, 0) is 32.7 Å². The number of unbranched alkanes of at least 4 members (excludes halogenated alkanes) is 8. The summed E-state index contributed by atoms with van der Waals surface area (Å²) in [5.74, 6) is -0.897. The molecule has 2 unspecified atom stereocenters. The first kappa shape index (κ1) is 57.7. The average molecular weight is 871 g/mol. The molecule has 10 heteroatoms. The molecule has 0 aromatic heterocycles. The van der Waals surface area contributed by atoms with E-state index in [1.165, 1.54) is 12.8 Å². The minimum absolute atomic E-state index is 0.0117. The average Bonchev–Trinajstić information content (AvgIpc) is 3.21. The van der Waals surface area contributed by atoms with Crippen molar-refractivity contribution in [2.24, 2.45) is 0 Å². The maximum absolute atomic E-state index is 12.7. The van der Waals surface area contributed by atoms with E-state index in [1.54, 1.807) is 0 Å². The largest absolute Gasteiger partial charge is 0.472 e. The number of phosphoric ester groups is 1. The standard InChI is InChI=1S/C51H84NO8P/c1-6-8-10-12-14-16-18-20-22-23-24-25-26-27-28-29-30-32-34-36-38-40-42-44-51(54)60-49(48-59-61(55,56)58-46-45-52(3,4)5)47-57-50(53)43-41-39-37-35-33-31-21-19-17-15-13-11-9-7-2/h8,10,13-16,19-22,24-25,27-28,30,32,36,38,49H,6-7,9,11-12,17-18,23,26,29,31,33-35,37,39-48H2,1-5H3/p+1/b10-8-,15-13-,16-14-,21-19-,22-20-,25-24-,28-27-,32-30-,38-36-. The molecule has 0 bridgehead atoms. The highest BCUT2D eigenvalue weighted by Gasteiger charge is 2.27. The molecule has 1 N–H and O–H groups in total. The molecule has 0 aliphatic carbocycles. The molecule has 0 aliphatic rings. The topological polar surface area (TPSA) is 108 Å². The van der Waals surface area contributed by atoms with Crippen molar-refractivity contribution in [2.45, 2.75) is 155 Å². The van der Waals surface area contributed by atoms with E-state index in [0.717, 1.165) is 89.9 Å². The number of carbonyl (C=O) groups excluding carboxylic acids is 2. The van der Waals surface area contributed by atoms with Crippen LogP contribution in [-0.4, -0.2) is 74.9 Å². The number of hydrogen-bond acceptors (Lipinski definition) is 7. The first-order valence-corrected chi connectivity index (χ1v) is 24.6. The van der Waals surface area contributed by atoms with Gasteiger partial charge < -0.3 is 18.9 Å². The molecule has 346 valence electrons. The van der Waals surface area contributed by atoms with Gasteiger partial charge >= 0.3 is 19.8 Å². The fourth-order valence-corrected chi connectivity index (χ4v) is 6.17. The second kappa shape index (κ2) is 42.0. The lowest BCUT2D eigenvalue weighted by Gasteiger charge is -2.24. The number of quaternary nitrogens is 1. The zero-order valence-corrected chi connectivity index (χ0v) is 39.7. The third-order valence-corrected chi connectivity index (χ3v) is 10.0. The van der Waals surface area contributed by atoms with Crippen LogP contribution in [0.1, 0.15) is 149 Å². The van der Waals surface area contributed by atoms with Crippen LogP contribution in [0.2, 0.25) is 0 Å². The van der Waals surface area contributed by atoms with Gasteiger partial charge in [0.15, 0.2) is 6.10 Å². The van der Waals surface area contributed by atoms with Gasteiger partial charge in [-0.3, -0.25) is 18.6 Å². The minimum atomic E-state index is -4.40. The van der Waals surface area contributed by atoms with Gasteiger partial charge in [0.2, 0.25) is 0 Å². The number of ether oxygens (including phenoxy) is 2. The molecule has 61 heavy (non-hydrogen) atoms. The van der Waals surface area contributed by atoms with Gasteiger partial charge in [0.1, 0.15) is 19.8 Å². The molecular weight excluding hydrogens is 786 g/mol. The molecular formula is C51H85NO8P+. The second-order valence-electron chi connectivity index (χ2n) is 16.0. The first-order valence-electron chi connectivity index (χ1n) is 23.1. The molecule has 0 amide bonds. The zero-order valence-electron chi connectivity index (χ0n) is 38.8. The monoisotopic (exact) mass is 871 g/mol. The maximum Gasteiger partial charge on any atom is 0.472 e. The van der Waals surface area contributed by atoms with Crippen LogP contribution < -0.4 is 0 Å². The first-order chi connectivity index (χ1) is 29.5. The van der Waals surface area contributed by atoms with Crippen LogP contribution in [0.3, 0.4) is 0 Å². The molecule has 9 nitrogen and oxygen atoms in total. The van der Waals surface area contributed by atoms with Gasteiger partial charge in [-0.15, -0.1) is 0 Å². The molecule has 0 aliphatic heterocycles. The number of esters is 2. The Bertz CT molecular complexity index is 1400. The van der Waals surface area contributed by atoms with E-state index in [1.807, 2.05) is 27.2 Å². The summed E-state index contributed by atoms with van der Waals surface area (Å²) in [5.41, 5.74) is 0. The highest BCUT2D eigenvalue weighted by molar-refractivity contribution is 7.47. The number of nitrogens with zero attached hydrogens (tertiary/aromatic N) is 1. The van der Waals surface area contributed by atoms with Crippen molar-refractivity contribution in [2.75, 3.05) is 47.5 Å². The van der Waals surface area contributed by atoms with Gasteiger partial charge in [-0.2, -0.15) is 0 Å². The molecule has 0 rings (SSSR count). The molecule has 0 aromatic carbocycles. The highest BCUT2D eigenvalue weighted by atomic mass is 31.2. The van der Waals surface area contributed by atoms with Crippen LogP contribution in [0.25, 0.3) is 0 Å². The smallest absolute Gasteiger partial charge is 0.462 e. The number of carbonyl (C=O) groups is 2. The van der Waals surface area contributed by atoms with Gasteiger partial charge in [-0.05, 0) is 89.9 Å². The quantitative estimate of drug-likeness (QED) is 0.0213. The molecule has 0 heterocycles. The van der Waals surface area contributed by atoms with Crippen molar-refractivity contribution in [3.63, 3.8) is 0 Å². The number of likely N-dealkylation sites (N-methyl/N-ethyl adjacent to an activating group) is 1. The normalized spacial score (nSPS) is 14.5. The third kappa shape index (κ3) is 46.0. The summed E-state index contributed by atoms with van der Waals surface area (Å²) < 4.78 is 34.2. The Hall–Kier alpha value is -3.33. The molecule has 0 aromatic rings. The van der Waals surface area contributed by atoms with Gasteiger partial charge in [0.05, 0.1) is 27.7 Å². The highest BCUT2D eigenvalue weighted by Crippen LogP contribution is 2.43. The Kier molecular flexibility index (Phi) is 39.7. The summed E-state index contributed by atoms with van der Waals surface area (Å²) in [6, 6.07) is 0. The fraction of sp³-hybridized carbons (Fsp3) is 0.608. The molecule has 2 atom stereocenters. The Morgan fingerprint density at radius 2 is 0.951 bits per heavy atom. The summed E-state index contributed by atoms with van der Waals surface area (Å²) in [5, 5.41) is 0. The Morgan fingerprint density at radius 3 is 1.44 bits per heavy atom. The second-order valence-corrected chi connectivity index (χ2v) is 17.5. The predicted molar refractivity (Wildman–Crippen MR) is 256 cm³/mol. The summed E-state index contributed by atoms with van der Waals surface area (Å²) in [6.07, 6.45) is 57.2. The maximum atomic E-state index is 12.7. The van der Waals surface area contributed by atoms with Crippen molar-refractivity contribution >= 4 is 19.8 Å². The zero-order chi connectivity index (χ0) is 45.0. The lowest BCUT2D eigenvalue weighted by atomic mass is 10.1. The van der Waals surface area contributed by atoms with Gasteiger partial charge in [-0.25, -0.2) is 4.57 Å². The van der Waals surface area contributed by atoms with E-state index in [0.29, 0.717) is 30.3 Å². The van der Waals surface area contributed by atoms with Crippen molar-refractivity contribution in [3.8, 4) is 0 Å². The summed E-state index contributed by atoms with van der Waals surface area (Å²) in [4.78, 5) is 35.4. The SMILES string of the molecule is CC/C=C\C/C=C\C/C=C\C/C=C\C/C=C\C/C=C\C/C=C\CCCC(=O)OC(COC(=O)CCCCCCC/C=C\C/C=C\CCCC)COP(=O)(O)OCC[N+](C)(C)C. The molecule has 0 fully saturated rings. The number of hydrogen-bond donors (Lipinski definition) is 1. The minimum Gasteiger partial charge on any atom is -0.462 e.